The number of hydrogen-bond donors (Lipinski definition) is 0. The van der Waals surface area contributed by atoms with Crippen LogP contribution in [0.25, 0.3) is 0 Å². The molecule has 0 saturated carbocycles. The SMILES string of the molecule is C=Nc1ccncc1N(C)Cc1ccc(C(CCCC)CC(C)C)cc1. The molecule has 2 aromatic rings. The van der Waals surface area contributed by atoms with Crippen molar-refractivity contribution in [2.24, 2.45) is 10.9 Å². The van der Waals surface area contributed by atoms with E-state index in [9.17, 15) is 0 Å². The normalized spacial score (nSPS) is 12.2. The Labute approximate surface area is 159 Å². The minimum Gasteiger partial charge on any atom is -0.367 e. The van der Waals surface area contributed by atoms with Crippen LogP contribution in [0.4, 0.5) is 11.4 Å². The summed E-state index contributed by atoms with van der Waals surface area (Å²) in [5, 5.41) is 0. The van der Waals surface area contributed by atoms with E-state index in [0.29, 0.717) is 5.92 Å². The molecule has 0 spiro atoms. The number of unbranched alkanes of at least 4 members (excludes halogenated alkanes) is 1. The first kappa shape index (κ1) is 20.2. The van der Waals surface area contributed by atoms with Crippen LogP contribution in [0.5, 0.6) is 0 Å². The van der Waals surface area contributed by atoms with Crippen LogP contribution in [-0.4, -0.2) is 18.7 Å². The van der Waals surface area contributed by atoms with Crippen LogP contribution in [0.1, 0.15) is 63.5 Å². The zero-order valence-electron chi connectivity index (χ0n) is 16.8. The summed E-state index contributed by atoms with van der Waals surface area (Å²) >= 11 is 0. The molecular weight excluding hydrogens is 318 g/mol. The third-order valence-electron chi connectivity index (χ3n) is 4.89. The van der Waals surface area contributed by atoms with Gasteiger partial charge in [0.2, 0.25) is 0 Å². The lowest BCUT2D eigenvalue weighted by Gasteiger charge is -2.22. The molecule has 3 heteroatoms. The van der Waals surface area contributed by atoms with Crippen LogP contribution in [-0.2, 0) is 6.54 Å². The fraction of sp³-hybridized carbons (Fsp3) is 0.478. The van der Waals surface area contributed by atoms with E-state index in [1.807, 2.05) is 12.3 Å². The van der Waals surface area contributed by atoms with Crippen molar-refractivity contribution in [3.05, 3.63) is 53.9 Å². The van der Waals surface area contributed by atoms with Crippen molar-refractivity contribution in [1.82, 2.24) is 4.98 Å². The lowest BCUT2D eigenvalue weighted by atomic mass is 9.86. The van der Waals surface area contributed by atoms with Gasteiger partial charge in [0, 0.05) is 19.8 Å². The number of benzene rings is 1. The highest BCUT2D eigenvalue weighted by Gasteiger charge is 2.13. The van der Waals surface area contributed by atoms with E-state index < -0.39 is 0 Å². The fourth-order valence-electron chi connectivity index (χ4n) is 3.50. The molecule has 1 aromatic heterocycles. The summed E-state index contributed by atoms with van der Waals surface area (Å²) in [5.74, 6) is 1.41. The molecular formula is C23H33N3. The second-order valence-electron chi connectivity index (χ2n) is 7.59. The van der Waals surface area contributed by atoms with Crippen LogP contribution < -0.4 is 4.90 Å². The number of pyridine rings is 1. The van der Waals surface area contributed by atoms with Gasteiger partial charge in [0.15, 0.2) is 0 Å². The Morgan fingerprint density at radius 1 is 1.15 bits per heavy atom. The molecule has 1 atom stereocenters. The Bertz CT molecular complexity index is 676. The van der Waals surface area contributed by atoms with Gasteiger partial charge in [-0.3, -0.25) is 9.98 Å². The number of aromatic nitrogens is 1. The molecule has 0 saturated heterocycles. The van der Waals surface area contributed by atoms with E-state index in [-0.39, 0.29) is 0 Å². The first-order valence-corrected chi connectivity index (χ1v) is 9.75. The van der Waals surface area contributed by atoms with Crippen molar-refractivity contribution in [3.8, 4) is 0 Å². The summed E-state index contributed by atoms with van der Waals surface area (Å²) in [7, 11) is 2.07. The molecule has 140 valence electrons. The summed E-state index contributed by atoms with van der Waals surface area (Å²) in [5.41, 5.74) is 4.66. The summed E-state index contributed by atoms with van der Waals surface area (Å²) in [4.78, 5) is 10.5. The summed E-state index contributed by atoms with van der Waals surface area (Å²) in [6.07, 6.45) is 8.73. The third kappa shape index (κ3) is 5.69. The van der Waals surface area contributed by atoms with Crippen LogP contribution in [0.3, 0.4) is 0 Å². The van der Waals surface area contributed by atoms with Gasteiger partial charge in [-0.15, -0.1) is 0 Å². The maximum Gasteiger partial charge on any atom is 0.0887 e. The lowest BCUT2D eigenvalue weighted by Crippen LogP contribution is -2.16. The van der Waals surface area contributed by atoms with Gasteiger partial charge in [-0.25, -0.2) is 0 Å². The molecule has 0 radical (unpaired) electrons. The minimum atomic E-state index is 0.677. The number of hydrogen-bond acceptors (Lipinski definition) is 3. The number of nitrogens with zero attached hydrogens (tertiary/aromatic N) is 3. The van der Waals surface area contributed by atoms with Crippen molar-refractivity contribution < 1.29 is 0 Å². The average molecular weight is 352 g/mol. The van der Waals surface area contributed by atoms with Crippen molar-refractivity contribution in [2.45, 2.75) is 58.9 Å². The zero-order chi connectivity index (χ0) is 18.9. The highest BCUT2D eigenvalue weighted by atomic mass is 15.1. The Hall–Kier alpha value is -2.16. The summed E-state index contributed by atoms with van der Waals surface area (Å²) in [6.45, 7) is 11.4. The molecule has 0 aliphatic rings. The zero-order valence-corrected chi connectivity index (χ0v) is 16.8. The third-order valence-corrected chi connectivity index (χ3v) is 4.89. The largest absolute Gasteiger partial charge is 0.367 e. The molecule has 0 amide bonds. The molecule has 1 heterocycles. The minimum absolute atomic E-state index is 0.677. The molecule has 2 rings (SSSR count). The van der Waals surface area contributed by atoms with Gasteiger partial charge in [-0.05, 0) is 48.6 Å². The van der Waals surface area contributed by atoms with Gasteiger partial charge < -0.3 is 4.90 Å². The predicted octanol–water partition coefficient (Wildman–Crippen LogP) is 6.37. The van der Waals surface area contributed by atoms with Crippen LogP contribution in [0.15, 0.2) is 47.7 Å². The molecule has 26 heavy (non-hydrogen) atoms. The average Bonchev–Trinajstić information content (AvgIpc) is 2.65. The van der Waals surface area contributed by atoms with Crippen LogP contribution in [0.2, 0.25) is 0 Å². The van der Waals surface area contributed by atoms with E-state index in [1.54, 1.807) is 6.20 Å². The van der Waals surface area contributed by atoms with Gasteiger partial charge in [0.25, 0.3) is 0 Å². The van der Waals surface area contributed by atoms with E-state index >= 15 is 0 Å². The molecule has 0 bridgehead atoms. The van der Waals surface area contributed by atoms with E-state index in [1.165, 1.54) is 36.8 Å². The van der Waals surface area contributed by atoms with Crippen molar-refractivity contribution >= 4 is 18.1 Å². The topological polar surface area (TPSA) is 28.5 Å². The smallest absolute Gasteiger partial charge is 0.0887 e. The first-order chi connectivity index (χ1) is 12.5. The van der Waals surface area contributed by atoms with Crippen LogP contribution in [0, 0.1) is 5.92 Å². The van der Waals surface area contributed by atoms with E-state index in [4.69, 9.17) is 0 Å². The van der Waals surface area contributed by atoms with Crippen molar-refractivity contribution in [1.29, 1.82) is 0 Å². The molecule has 0 aliphatic heterocycles. The van der Waals surface area contributed by atoms with Crippen molar-refractivity contribution in [3.63, 3.8) is 0 Å². The second-order valence-corrected chi connectivity index (χ2v) is 7.59. The van der Waals surface area contributed by atoms with Gasteiger partial charge in [0.1, 0.15) is 0 Å². The lowest BCUT2D eigenvalue weighted by molar-refractivity contribution is 0.464. The molecule has 0 N–H and O–H groups in total. The first-order valence-electron chi connectivity index (χ1n) is 9.75. The second kappa shape index (κ2) is 10.1. The van der Waals surface area contributed by atoms with Gasteiger partial charge >= 0.3 is 0 Å². The quantitative estimate of drug-likeness (QED) is 0.465. The number of rotatable bonds is 10. The maximum atomic E-state index is 4.22. The molecule has 1 aromatic carbocycles. The Balaban J connectivity index is 2.09. The van der Waals surface area contributed by atoms with Crippen LogP contribution >= 0.6 is 0 Å². The summed E-state index contributed by atoms with van der Waals surface area (Å²) < 4.78 is 0. The van der Waals surface area contributed by atoms with Gasteiger partial charge in [-0.1, -0.05) is 57.9 Å². The number of anilines is 1. The highest BCUT2D eigenvalue weighted by Crippen LogP contribution is 2.30. The fourth-order valence-corrected chi connectivity index (χ4v) is 3.50. The van der Waals surface area contributed by atoms with Gasteiger partial charge in [0.05, 0.1) is 17.6 Å². The van der Waals surface area contributed by atoms with Gasteiger partial charge in [-0.2, -0.15) is 0 Å². The Kier molecular flexibility index (Phi) is 7.83. The number of aliphatic imine (C=N–C) groups is 1. The standard InChI is InChI=1S/C23H33N3/c1-6-7-8-21(15-18(2)3)20-11-9-19(10-12-20)17-26(5)23-16-25-14-13-22(23)24-4/h9-14,16,18,21H,4,6-8,15,17H2,1-3,5H3. The molecule has 0 fully saturated rings. The Morgan fingerprint density at radius 2 is 1.88 bits per heavy atom. The molecule has 0 aliphatic carbocycles. The summed E-state index contributed by atoms with van der Waals surface area (Å²) in [6, 6.07) is 11.1. The van der Waals surface area contributed by atoms with E-state index in [2.05, 4.69) is 73.7 Å². The molecule has 3 nitrogen and oxygen atoms in total. The predicted molar refractivity (Wildman–Crippen MR) is 114 cm³/mol. The highest BCUT2D eigenvalue weighted by molar-refractivity contribution is 5.67. The molecule has 1 unspecified atom stereocenters. The Morgan fingerprint density at radius 3 is 2.50 bits per heavy atom. The monoisotopic (exact) mass is 351 g/mol. The van der Waals surface area contributed by atoms with Crippen molar-refractivity contribution in [2.75, 3.05) is 11.9 Å². The van der Waals surface area contributed by atoms with E-state index in [0.717, 1.165) is 23.8 Å². The maximum absolute atomic E-state index is 4.22.